The highest BCUT2D eigenvalue weighted by Gasteiger charge is 2.13. The number of rotatable bonds is 7. The molecule has 27 heavy (non-hydrogen) atoms. The van der Waals surface area contributed by atoms with Gasteiger partial charge in [-0.05, 0) is 36.5 Å². The molecule has 0 saturated heterocycles. The molecule has 0 aliphatic carbocycles. The van der Waals surface area contributed by atoms with Gasteiger partial charge in [0.1, 0.15) is 0 Å². The predicted molar refractivity (Wildman–Crippen MR) is 105 cm³/mol. The van der Waals surface area contributed by atoms with Crippen LogP contribution in [0, 0.1) is 4.77 Å². The molecule has 0 aliphatic heterocycles. The molecule has 8 nitrogen and oxygen atoms in total. The molecule has 3 aromatic rings. The zero-order chi connectivity index (χ0) is 19.4. The summed E-state index contributed by atoms with van der Waals surface area (Å²) in [5.41, 5.74) is 1.54. The second-order valence-electron chi connectivity index (χ2n) is 5.42. The van der Waals surface area contributed by atoms with Crippen molar-refractivity contribution >= 4 is 23.9 Å². The Morgan fingerprint density at radius 3 is 2.07 bits per heavy atom. The number of H-pyrrole nitrogens is 1. The first kappa shape index (κ1) is 18.6. The molecule has 0 radical (unpaired) electrons. The Morgan fingerprint density at radius 1 is 0.852 bits per heavy atom. The van der Waals surface area contributed by atoms with Crippen molar-refractivity contribution in [2.75, 3.05) is 33.8 Å². The van der Waals surface area contributed by atoms with Crippen LogP contribution in [0.1, 0.15) is 0 Å². The van der Waals surface area contributed by atoms with E-state index in [0.29, 0.717) is 33.7 Å². The van der Waals surface area contributed by atoms with Gasteiger partial charge in [0.15, 0.2) is 23.0 Å². The standard InChI is InChI=1S/C18H20N4O4S/c1-23-13-7-5-11(9-15(13)25-3)19-17-20-21-18(27)22(17)12-6-8-14(24-2)16(10-12)26-4/h5-10H,1-4H3,(H,19,20)(H,21,27). The summed E-state index contributed by atoms with van der Waals surface area (Å²) in [5.74, 6) is 2.98. The normalized spacial score (nSPS) is 10.4. The van der Waals surface area contributed by atoms with E-state index in [-0.39, 0.29) is 0 Å². The molecule has 0 unspecified atom stereocenters. The van der Waals surface area contributed by atoms with Gasteiger partial charge in [-0.2, -0.15) is 0 Å². The Hall–Kier alpha value is -3.20. The quantitative estimate of drug-likeness (QED) is 0.597. The average molecular weight is 388 g/mol. The molecule has 1 aromatic heterocycles. The lowest BCUT2D eigenvalue weighted by molar-refractivity contribution is 0.355. The first-order chi connectivity index (χ1) is 13.1. The van der Waals surface area contributed by atoms with Crippen molar-refractivity contribution in [1.29, 1.82) is 0 Å². The number of hydrogen-bond acceptors (Lipinski definition) is 7. The number of nitrogens with one attached hydrogen (secondary N) is 2. The summed E-state index contributed by atoms with van der Waals surface area (Å²) in [5, 5.41) is 10.3. The maximum Gasteiger partial charge on any atom is 0.232 e. The molecule has 0 aliphatic rings. The molecule has 0 bridgehead atoms. The molecule has 9 heteroatoms. The van der Waals surface area contributed by atoms with E-state index >= 15 is 0 Å². The Kier molecular flexibility index (Phi) is 5.51. The molecule has 142 valence electrons. The summed E-state index contributed by atoms with van der Waals surface area (Å²) >= 11 is 5.39. The molecule has 2 aromatic carbocycles. The van der Waals surface area contributed by atoms with Crippen LogP contribution in [0.2, 0.25) is 0 Å². The molecule has 0 saturated carbocycles. The molecular weight excluding hydrogens is 368 g/mol. The number of anilines is 2. The first-order valence-corrected chi connectivity index (χ1v) is 8.41. The Bertz CT molecular complexity index is 999. The number of benzene rings is 2. The van der Waals surface area contributed by atoms with Gasteiger partial charge in [0, 0.05) is 17.8 Å². The fourth-order valence-electron chi connectivity index (χ4n) is 2.63. The Balaban J connectivity index is 2.00. The van der Waals surface area contributed by atoms with Crippen LogP contribution in [0.25, 0.3) is 5.69 Å². The van der Waals surface area contributed by atoms with E-state index in [2.05, 4.69) is 15.5 Å². The minimum absolute atomic E-state index is 0.435. The van der Waals surface area contributed by atoms with Crippen molar-refractivity contribution in [2.24, 2.45) is 0 Å². The lowest BCUT2D eigenvalue weighted by atomic mass is 10.2. The summed E-state index contributed by atoms with van der Waals surface area (Å²) in [6.07, 6.45) is 0. The minimum Gasteiger partial charge on any atom is -0.493 e. The number of nitrogens with zero attached hydrogens (tertiary/aromatic N) is 2. The van der Waals surface area contributed by atoms with Gasteiger partial charge in [-0.25, -0.2) is 5.10 Å². The summed E-state index contributed by atoms with van der Waals surface area (Å²) in [4.78, 5) is 0. The van der Waals surface area contributed by atoms with Crippen LogP contribution in [0.4, 0.5) is 11.6 Å². The maximum absolute atomic E-state index is 5.39. The number of ether oxygens (including phenoxy) is 4. The molecule has 0 fully saturated rings. The van der Waals surface area contributed by atoms with Crippen LogP contribution in [0.15, 0.2) is 36.4 Å². The summed E-state index contributed by atoms with van der Waals surface area (Å²) < 4.78 is 23.5. The van der Waals surface area contributed by atoms with Gasteiger partial charge in [0.25, 0.3) is 0 Å². The van der Waals surface area contributed by atoms with E-state index in [1.165, 1.54) is 0 Å². The van der Waals surface area contributed by atoms with E-state index in [0.717, 1.165) is 11.4 Å². The third kappa shape index (κ3) is 3.68. The van der Waals surface area contributed by atoms with Gasteiger partial charge >= 0.3 is 0 Å². The topological polar surface area (TPSA) is 82.6 Å². The second kappa shape index (κ2) is 8.00. The van der Waals surface area contributed by atoms with Gasteiger partial charge in [0.2, 0.25) is 10.7 Å². The van der Waals surface area contributed by atoms with E-state index < -0.39 is 0 Å². The van der Waals surface area contributed by atoms with Gasteiger partial charge in [0.05, 0.1) is 34.1 Å². The largest absolute Gasteiger partial charge is 0.493 e. The van der Waals surface area contributed by atoms with Crippen molar-refractivity contribution < 1.29 is 18.9 Å². The van der Waals surface area contributed by atoms with Crippen LogP contribution < -0.4 is 24.3 Å². The number of aromatic amines is 1. The Labute approximate surface area is 161 Å². The van der Waals surface area contributed by atoms with Crippen LogP contribution in [0.5, 0.6) is 23.0 Å². The SMILES string of the molecule is COc1ccc(Nc2n[nH]c(=S)n2-c2ccc(OC)c(OC)c2)cc1OC. The molecule has 2 N–H and O–H groups in total. The van der Waals surface area contributed by atoms with Crippen LogP contribution in [-0.4, -0.2) is 43.2 Å². The monoisotopic (exact) mass is 388 g/mol. The van der Waals surface area contributed by atoms with Gasteiger partial charge in [-0.1, -0.05) is 0 Å². The van der Waals surface area contributed by atoms with Crippen molar-refractivity contribution in [1.82, 2.24) is 14.8 Å². The first-order valence-electron chi connectivity index (χ1n) is 8.00. The molecule has 3 rings (SSSR count). The summed E-state index contributed by atoms with van der Waals surface area (Å²) in [6, 6.07) is 11.0. The lowest BCUT2D eigenvalue weighted by Crippen LogP contribution is -2.03. The smallest absolute Gasteiger partial charge is 0.232 e. The maximum atomic E-state index is 5.39. The van der Waals surface area contributed by atoms with Crippen LogP contribution in [-0.2, 0) is 0 Å². The zero-order valence-electron chi connectivity index (χ0n) is 15.4. The fraction of sp³-hybridized carbons (Fsp3) is 0.222. The highest BCUT2D eigenvalue weighted by Crippen LogP contribution is 2.33. The third-order valence-electron chi connectivity index (χ3n) is 3.94. The van der Waals surface area contributed by atoms with Crippen LogP contribution >= 0.6 is 12.2 Å². The highest BCUT2D eigenvalue weighted by atomic mass is 32.1. The summed E-state index contributed by atoms with van der Waals surface area (Å²) in [6.45, 7) is 0. The van der Waals surface area contributed by atoms with Gasteiger partial charge in [-0.3, -0.25) is 4.57 Å². The highest BCUT2D eigenvalue weighted by molar-refractivity contribution is 7.71. The Morgan fingerprint density at radius 2 is 1.44 bits per heavy atom. The minimum atomic E-state index is 0.435. The lowest BCUT2D eigenvalue weighted by Gasteiger charge is -2.13. The fourth-order valence-corrected chi connectivity index (χ4v) is 2.86. The molecule has 0 atom stereocenters. The van der Waals surface area contributed by atoms with Crippen molar-refractivity contribution in [3.63, 3.8) is 0 Å². The summed E-state index contributed by atoms with van der Waals surface area (Å²) in [7, 11) is 6.35. The third-order valence-corrected chi connectivity index (χ3v) is 4.21. The van der Waals surface area contributed by atoms with Crippen molar-refractivity contribution in [3.05, 3.63) is 41.2 Å². The van der Waals surface area contributed by atoms with E-state index in [1.807, 2.05) is 36.4 Å². The average Bonchev–Trinajstić information content (AvgIpc) is 3.07. The molecule has 0 amide bonds. The second-order valence-corrected chi connectivity index (χ2v) is 5.81. The number of aromatic nitrogens is 3. The molecule has 0 spiro atoms. The number of hydrogen-bond donors (Lipinski definition) is 2. The van der Waals surface area contributed by atoms with Gasteiger partial charge in [-0.15, -0.1) is 5.10 Å². The molecule has 1 heterocycles. The van der Waals surface area contributed by atoms with Crippen molar-refractivity contribution in [3.8, 4) is 28.7 Å². The van der Waals surface area contributed by atoms with E-state index in [1.54, 1.807) is 33.0 Å². The number of methoxy groups -OCH3 is 4. The van der Waals surface area contributed by atoms with Crippen molar-refractivity contribution in [2.45, 2.75) is 0 Å². The predicted octanol–water partition coefficient (Wildman–Crippen LogP) is 3.71. The van der Waals surface area contributed by atoms with Crippen LogP contribution in [0.3, 0.4) is 0 Å². The van der Waals surface area contributed by atoms with Gasteiger partial charge < -0.3 is 24.3 Å². The zero-order valence-corrected chi connectivity index (χ0v) is 16.2. The van der Waals surface area contributed by atoms with E-state index in [9.17, 15) is 0 Å². The molecular formula is C18H20N4O4S. The van der Waals surface area contributed by atoms with E-state index in [4.69, 9.17) is 31.2 Å².